The van der Waals surface area contributed by atoms with Crippen LogP contribution in [0.5, 0.6) is 0 Å². The summed E-state index contributed by atoms with van der Waals surface area (Å²) in [5.74, 6) is 0.169. The van der Waals surface area contributed by atoms with E-state index in [0.717, 1.165) is 5.56 Å². The van der Waals surface area contributed by atoms with Crippen LogP contribution in [0.3, 0.4) is 0 Å². The molecule has 4 aromatic rings. The van der Waals surface area contributed by atoms with Gasteiger partial charge in [0.15, 0.2) is 12.4 Å². The van der Waals surface area contributed by atoms with Crippen molar-refractivity contribution in [1.82, 2.24) is 10.5 Å². The number of amides is 1. The highest BCUT2D eigenvalue weighted by atomic mass is 16.5. The lowest BCUT2D eigenvalue weighted by Gasteiger charge is -2.11. The zero-order valence-corrected chi connectivity index (χ0v) is 15.6. The van der Waals surface area contributed by atoms with Crippen molar-refractivity contribution in [3.8, 4) is 11.3 Å². The van der Waals surface area contributed by atoms with Gasteiger partial charge in [0.05, 0.1) is 23.3 Å². The predicted octanol–water partition coefficient (Wildman–Crippen LogP) is 4.12. The fraction of sp³-hybridized carbons (Fsp3) is 0.136. The van der Waals surface area contributed by atoms with Crippen molar-refractivity contribution in [1.29, 1.82) is 0 Å². The highest BCUT2D eigenvalue weighted by molar-refractivity contribution is 5.99. The summed E-state index contributed by atoms with van der Waals surface area (Å²) in [6, 6.07) is 17.6. The van der Waals surface area contributed by atoms with Gasteiger partial charge < -0.3 is 19.0 Å². The first-order valence-corrected chi connectivity index (χ1v) is 9.06. The molecule has 1 atom stereocenters. The summed E-state index contributed by atoms with van der Waals surface area (Å²) in [5.41, 5.74) is 1.79. The first kappa shape index (κ1) is 18.5. The molecule has 2 heterocycles. The highest BCUT2D eigenvalue weighted by Crippen LogP contribution is 2.29. The van der Waals surface area contributed by atoms with Crippen molar-refractivity contribution in [2.75, 3.05) is 6.61 Å². The van der Waals surface area contributed by atoms with E-state index in [0.29, 0.717) is 28.0 Å². The van der Waals surface area contributed by atoms with Gasteiger partial charge in [0, 0.05) is 5.56 Å². The Bertz CT molecular complexity index is 1130. The summed E-state index contributed by atoms with van der Waals surface area (Å²) < 4.78 is 15.8. The molecule has 0 aliphatic carbocycles. The lowest BCUT2D eigenvalue weighted by Crippen LogP contribution is -2.30. The zero-order chi connectivity index (χ0) is 20.2. The van der Waals surface area contributed by atoms with Gasteiger partial charge in [-0.3, -0.25) is 4.79 Å². The Morgan fingerprint density at radius 3 is 2.69 bits per heavy atom. The minimum Gasteiger partial charge on any atom is -0.467 e. The molecular weight excluding hydrogens is 372 g/mol. The molecule has 2 aromatic heterocycles. The molecular formula is C22H18N2O5. The fourth-order valence-electron chi connectivity index (χ4n) is 2.97. The van der Waals surface area contributed by atoms with E-state index in [-0.39, 0.29) is 6.04 Å². The Morgan fingerprint density at radius 2 is 1.93 bits per heavy atom. The molecule has 7 nitrogen and oxygen atoms in total. The standard InChI is InChI=1S/C22H18N2O5/c1-14(19-8-5-11-27-19)23-20(25)13-28-22(26)16-9-10-18-17(12-16)21(29-24-18)15-6-3-2-4-7-15/h2-12,14H,13H2,1H3,(H,23,25)/t14-/m0/s1. The van der Waals surface area contributed by atoms with Crippen LogP contribution in [0.1, 0.15) is 29.1 Å². The van der Waals surface area contributed by atoms with E-state index in [1.807, 2.05) is 30.3 Å². The Hall–Kier alpha value is -3.87. The number of nitrogens with one attached hydrogen (secondary N) is 1. The first-order chi connectivity index (χ1) is 14.1. The molecule has 29 heavy (non-hydrogen) atoms. The van der Waals surface area contributed by atoms with Crippen molar-refractivity contribution < 1.29 is 23.3 Å². The van der Waals surface area contributed by atoms with Gasteiger partial charge in [0.25, 0.3) is 5.91 Å². The normalized spacial score (nSPS) is 11.9. The molecule has 146 valence electrons. The minimum atomic E-state index is -0.604. The van der Waals surface area contributed by atoms with Crippen LogP contribution in [0.2, 0.25) is 0 Å². The molecule has 0 unspecified atom stereocenters. The number of hydrogen-bond acceptors (Lipinski definition) is 6. The van der Waals surface area contributed by atoms with Gasteiger partial charge in [0.2, 0.25) is 0 Å². The van der Waals surface area contributed by atoms with E-state index in [2.05, 4.69) is 10.5 Å². The van der Waals surface area contributed by atoms with Crippen LogP contribution in [0.15, 0.2) is 75.9 Å². The third-order valence-corrected chi connectivity index (χ3v) is 4.43. The number of ether oxygens (including phenoxy) is 1. The number of furan rings is 1. The number of esters is 1. The molecule has 7 heteroatoms. The molecule has 1 amide bonds. The molecule has 0 aliphatic heterocycles. The number of hydrogen-bond donors (Lipinski definition) is 1. The summed E-state index contributed by atoms with van der Waals surface area (Å²) in [5, 5.41) is 7.43. The van der Waals surface area contributed by atoms with E-state index in [1.54, 1.807) is 37.3 Å². The predicted molar refractivity (Wildman–Crippen MR) is 105 cm³/mol. The topological polar surface area (TPSA) is 94.6 Å². The monoisotopic (exact) mass is 390 g/mol. The van der Waals surface area contributed by atoms with Gasteiger partial charge in [-0.2, -0.15) is 0 Å². The van der Waals surface area contributed by atoms with Crippen LogP contribution >= 0.6 is 0 Å². The summed E-state index contributed by atoms with van der Waals surface area (Å²) in [4.78, 5) is 24.4. The minimum absolute atomic E-state index is 0.310. The van der Waals surface area contributed by atoms with E-state index in [4.69, 9.17) is 13.7 Å². The molecule has 0 bridgehead atoms. The van der Waals surface area contributed by atoms with Crippen molar-refractivity contribution in [2.45, 2.75) is 13.0 Å². The van der Waals surface area contributed by atoms with Gasteiger partial charge in [-0.25, -0.2) is 4.79 Å². The molecule has 0 saturated carbocycles. The maximum absolute atomic E-state index is 12.4. The van der Waals surface area contributed by atoms with Crippen LogP contribution in [-0.4, -0.2) is 23.6 Å². The second-order valence-corrected chi connectivity index (χ2v) is 6.49. The van der Waals surface area contributed by atoms with Gasteiger partial charge in [-0.1, -0.05) is 35.5 Å². The number of nitrogens with zero attached hydrogens (tertiary/aromatic N) is 1. The SMILES string of the molecule is C[C@H](NC(=O)COC(=O)c1ccc2noc(-c3ccccc3)c2c1)c1ccco1. The summed E-state index contributed by atoms with van der Waals surface area (Å²) in [6.45, 7) is 1.39. The van der Waals surface area contributed by atoms with Gasteiger partial charge >= 0.3 is 5.97 Å². The van der Waals surface area contributed by atoms with Crippen molar-refractivity contribution in [3.05, 3.63) is 78.3 Å². The van der Waals surface area contributed by atoms with E-state index in [1.165, 1.54) is 6.26 Å². The molecule has 0 saturated heterocycles. The molecule has 2 aromatic carbocycles. The van der Waals surface area contributed by atoms with Crippen molar-refractivity contribution >= 4 is 22.8 Å². The van der Waals surface area contributed by atoms with Gasteiger partial charge in [-0.05, 0) is 37.3 Å². The lowest BCUT2D eigenvalue weighted by atomic mass is 10.1. The molecule has 0 aliphatic rings. The Morgan fingerprint density at radius 1 is 1.10 bits per heavy atom. The first-order valence-electron chi connectivity index (χ1n) is 9.06. The second-order valence-electron chi connectivity index (χ2n) is 6.49. The maximum Gasteiger partial charge on any atom is 0.338 e. The maximum atomic E-state index is 12.4. The average molecular weight is 390 g/mol. The zero-order valence-electron chi connectivity index (χ0n) is 15.6. The third-order valence-electron chi connectivity index (χ3n) is 4.43. The quantitative estimate of drug-likeness (QED) is 0.498. The average Bonchev–Trinajstić information content (AvgIpc) is 3.42. The molecule has 4 rings (SSSR count). The number of benzene rings is 2. The number of rotatable bonds is 6. The van der Waals surface area contributed by atoms with Crippen LogP contribution in [0.4, 0.5) is 0 Å². The summed E-state index contributed by atoms with van der Waals surface area (Å²) in [7, 11) is 0. The smallest absolute Gasteiger partial charge is 0.338 e. The highest BCUT2D eigenvalue weighted by Gasteiger charge is 2.17. The van der Waals surface area contributed by atoms with Crippen LogP contribution in [0.25, 0.3) is 22.2 Å². The van der Waals surface area contributed by atoms with Crippen molar-refractivity contribution in [3.63, 3.8) is 0 Å². The number of carbonyl (C=O) groups is 2. The third kappa shape index (κ3) is 4.03. The van der Waals surface area contributed by atoms with Crippen LogP contribution in [0, 0.1) is 0 Å². The summed E-state index contributed by atoms with van der Waals surface area (Å²) in [6.07, 6.45) is 1.53. The molecule has 1 N–H and O–H groups in total. The fourth-order valence-corrected chi connectivity index (χ4v) is 2.97. The molecule has 0 fully saturated rings. The number of aromatic nitrogens is 1. The van der Waals surface area contributed by atoms with Gasteiger partial charge in [-0.15, -0.1) is 0 Å². The van der Waals surface area contributed by atoms with Crippen molar-refractivity contribution in [2.24, 2.45) is 0 Å². The number of fused-ring (bicyclic) bond motifs is 1. The summed E-state index contributed by atoms with van der Waals surface area (Å²) >= 11 is 0. The lowest BCUT2D eigenvalue weighted by molar-refractivity contribution is -0.125. The van der Waals surface area contributed by atoms with Crippen LogP contribution < -0.4 is 5.32 Å². The van der Waals surface area contributed by atoms with E-state index in [9.17, 15) is 9.59 Å². The Kier molecular flexibility index (Phi) is 5.11. The largest absolute Gasteiger partial charge is 0.467 e. The van der Waals surface area contributed by atoms with Gasteiger partial charge in [0.1, 0.15) is 11.3 Å². The van der Waals surface area contributed by atoms with E-state index >= 15 is 0 Å². The van der Waals surface area contributed by atoms with Crippen LogP contribution in [-0.2, 0) is 9.53 Å². The molecule has 0 radical (unpaired) electrons. The molecule has 0 spiro atoms. The Labute approximate surface area is 166 Å². The Balaban J connectivity index is 1.44. The number of carbonyl (C=O) groups excluding carboxylic acids is 2. The van der Waals surface area contributed by atoms with E-state index < -0.39 is 18.5 Å². The second kappa shape index (κ2) is 8.02.